The molecule has 0 rings (SSSR count). The van der Waals surface area contributed by atoms with Crippen LogP contribution in [0.15, 0.2) is 0 Å². The Balaban J connectivity index is -0.000000540. The summed E-state index contributed by atoms with van der Waals surface area (Å²) in [7, 11) is 0. The fourth-order valence-electron chi connectivity index (χ4n) is 1.11. The van der Waals surface area contributed by atoms with Crippen molar-refractivity contribution in [1.29, 1.82) is 0 Å². The standard InChI is InChI=1S/C10H15F7O2.Ca.2H/c1-7(2,3)5(18)4-6(19)8(11,12)9(13,14)10(15,16)17;;;/h5-6,18-19H,4H2,1-3H3;;;/q;+2;2*-1. The first kappa shape index (κ1) is 23.0. The quantitative estimate of drug-likeness (QED) is 0.609. The fraction of sp³-hybridized carbons (Fsp3) is 1.00. The van der Waals surface area contributed by atoms with E-state index in [-0.39, 0.29) is 40.6 Å². The van der Waals surface area contributed by atoms with Gasteiger partial charge in [0.1, 0.15) is 6.10 Å². The number of aliphatic hydroxyl groups is 2. The van der Waals surface area contributed by atoms with Crippen molar-refractivity contribution in [1.82, 2.24) is 0 Å². The van der Waals surface area contributed by atoms with E-state index in [0.717, 1.165) is 0 Å². The van der Waals surface area contributed by atoms with Gasteiger partial charge in [0, 0.05) is 6.42 Å². The summed E-state index contributed by atoms with van der Waals surface area (Å²) >= 11 is 0. The molecule has 0 bridgehead atoms. The van der Waals surface area contributed by atoms with Gasteiger partial charge in [-0.05, 0) is 5.41 Å². The number of alkyl halides is 7. The van der Waals surface area contributed by atoms with E-state index in [9.17, 15) is 35.8 Å². The zero-order valence-corrected chi connectivity index (χ0v) is 13.3. The van der Waals surface area contributed by atoms with Crippen molar-refractivity contribution in [3.8, 4) is 0 Å². The molecule has 0 aromatic rings. The molecule has 2 unspecified atom stereocenters. The van der Waals surface area contributed by atoms with Crippen LogP contribution in [0.3, 0.4) is 0 Å². The predicted molar refractivity (Wildman–Crippen MR) is 60.0 cm³/mol. The topological polar surface area (TPSA) is 40.5 Å². The first-order valence-electron chi connectivity index (χ1n) is 5.23. The SMILES string of the molecule is CC(C)(C)C(O)CC(O)C(F)(F)C(F)(F)C(F)(F)F.[Ca+2].[H-].[H-]. The summed E-state index contributed by atoms with van der Waals surface area (Å²) in [4.78, 5) is 0. The van der Waals surface area contributed by atoms with Gasteiger partial charge in [-0.25, -0.2) is 0 Å². The first-order valence-corrected chi connectivity index (χ1v) is 5.23. The number of aliphatic hydroxyl groups excluding tert-OH is 2. The maximum Gasteiger partial charge on any atom is 2.00 e. The smallest absolute Gasteiger partial charge is 1.00 e. The summed E-state index contributed by atoms with van der Waals surface area (Å²) in [6.45, 7) is 4.05. The summed E-state index contributed by atoms with van der Waals surface area (Å²) < 4.78 is 86.8. The molecule has 0 radical (unpaired) electrons. The molecule has 120 valence electrons. The van der Waals surface area contributed by atoms with Gasteiger partial charge in [-0.3, -0.25) is 0 Å². The zero-order chi connectivity index (χ0) is 15.9. The molecular weight excluding hydrogens is 325 g/mol. The van der Waals surface area contributed by atoms with Gasteiger partial charge in [0.2, 0.25) is 0 Å². The van der Waals surface area contributed by atoms with Crippen molar-refractivity contribution in [3.05, 3.63) is 0 Å². The first-order chi connectivity index (χ1) is 8.05. The molecule has 0 amide bonds. The normalized spacial score (nSPS) is 17.4. The molecule has 2 nitrogen and oxygen atoms in total. The number of rotatable bonds is 4. The van der Waals surface area contributed by atoms with Crippen LogP contribution in [0.5, 0.6) is 0 Å². The van der Waals surface area contributed by atoms with Gasteiger partial charge >= 0.3 is 55.8 Å². The molecule has 10 heteroatoms. The maximum atomic E-state index is 13.0. The van der Waals surface area contributed by atoms with Crippen LogP contribution >= 0.6 is 0 Å². The Hall–Kier alpha value is 0.690. The van der Waals surface area contributed by atoms with E-state index in [0.29, 0.717) is 0 Å². The van der Waals surface area contributed by atoms with E-state index >= 15 is 0 Å². The second-order valence-electron chi connectivity index (χ2n) is 5.33. The molecule has 20 heavy (non-hydrogen) atoms. The fourth-order valence-corrected chi connectivity index (χ4v) is 1.11. The van der Waals surface area contributed by atoms with E-state index in [1.807, 2.05) is 0 Å². The van der Waals surface area contributed by atoms with Gasteiger partial charge < -0.3 is 13.1 Å². The Morgan fingerprint density at radius 2 is 1.20 bits per heavy atom. The maximum absolute atomic E-state index is 13.0. The van der Waals surface area contributed by atoms with E-state index in [1.54, 1.807) is 0 Å². The number of hydrogen-bond donors (Lipinski definition) is 2. The minimum atomic E-state index is -6.50. The zero-order valence-electron chi connectivity index (χ0n) is 13.1. The summed E-state index contributed by atoms with van der Waals surface area (Å²) in [6.07, 6.45) is -12.8. The van der Waals surface area contributed by atoms with Gasteiger partial charge in [-0.2, -0.15) is 30.7 Å². The van der Waals surface area contributed by atoms with Gasteiger partial charge in [0.15, 0.2) is 0 Å². The van der Waals surface area contributed by atoms with Crippen molar-refractivity contribution in [2.24, 2.45) is 5.41 Å². The van der Waals surface area contributed by atoms with E-state index in [1.165, 1.54) is 20.8 Å². The molecular formula is C10H17CaF7O2. The van der Waals surface area contributed by atoms with Crippen molar-refractivity contribution in [2.45, 2.75) is 57.4 Å². The monoisotopic (exact) mass is 342 g/mol. The van der Waals surface area contributed by atoms with Gasteiger partial charge in [0.05, 0.1) is 6.10 Å². The molecule has 2 atom stereocenters. The van der Waals surface area contributed by atoms with Crippen molar-refractivity contribution in [3.63, 3.8) is 0 Å². The van der Waals surface area contributed by atoms with Crippen LogP contribution in [0.1, 0.15) is 30.0 Å². The Labute approximate surface area is 144 Å². The summed E-state index contributed by atoms with van der Waals surface area (Å²) in [5.74, 6) is -12.1. The Bertz CT molecular complexity index is 321. The Morgan fingerprint density at radius 1 is 0.850 bits per heavy atom. The van der Waals surface area contributed by atoms with Crippen molar-refractivity contribution in [2.75, 3.05) is 0 Å². The van der Waals surface area contributed by atoms with E-state index in [4.69, 9.17) is 5.11 Å². The van der Waals surface area contributed by atoms with Crippen molar-refractivity contribution < 1.29 is 43.8 Å². The molecule has 0 aliphatic rings. The Kier molecular flexibility index (Phi) is 7.86. The van der Waals surface area contributed by atoms with Gasteiger partial charge in [0.25, 0.3) is 0 Å². The molecule has 0 heterocycles. The summed E-state index contributed by atoms with van der Waals surface area (Å²) in [5.41, 5.74) is -1.05. The molecule has 0 saturated heterocycles. The minimum Gasteiger partial charge on any atom is -1.00 e. The third-order valence-electron chi connectivity index (χ3n) is 2.64. The second kappa shape index (κ2) is 6.85. The average molecular weight is 342 g/mol. The van der Waals surface area contributed by atoms with Crippen LogP contribution in [-0.4, -0.2) is 78.2 Å². The molecule has 0 spiro atoms. The third kappa shape index (κ3) is 4.86. The molecule has 0 aromatic heterocycles. The molecule has 0 aliphatic carbocycles. The molecule has 0 aliphatic heterocycles. The van der Waals surface area contributed by atoms with Crippen molar-refractivity contribution >= 4 is 37.7 Å². The van der Waals surface area contributed by atoms with Crippen LogP contribution in [-0.2, 0) is 0 Å². The van der Waals surface area contributed by atoms with E-state index < -0.39 is 42.1 Å². The minimum absolute atomic E-state index is 0. The number of halogens is 7. The molecule has 0 aromatic carbocycles. The summed E-state index contributed by atoms with van der Waals surface area (Å²) in [6, 6.07) is 0. The van der Waals surface area contributed by atoms with Crippen LogP contribution in [0.4, 0.5) is 30.7 Å². The van der Waals surface area contributed by atoms with E-state index in [2.05, 4.69) is 0 Å². The summed E-state index contributed by atoms with van der Waals surface area (Å²) in [5, 5.41) is 18.3. The molecule has 0 fully saturated rings. The van der Waals surface area contributed by atoms with Gasteiger partial charge in [-0.15, -0.1) is 0 Å². The third-order valence-corrected chi connectivity index (χ3v) is 2.64. The predicted octanol–water partition coefficient (Wildman–Crippen LogP) is 2.82. The van der Waals surface area contributed by atoms with Gasteiger partial charge in [-0.1, -0.05) is 20.8 Å². The molecule has 2 N–H and O–H groups in total. The van der Waals surface area contributed by atoms with Crippen LogP contribution < -0.4 is 0 Å². The Morgan fingerprint density at radius 3 is 1.45 bits per heavy atom. The molecule has 0 saturated carbocycles. The number of hydrogen-bond acceptors (Lipinski definition) is 2. The largest absolute Gasteiger partial charge is 2.00 e. The van der Waals surface area contributed by atoms with Crippen LogP contribution in [0, 0.1) is 5.41 Å². The van der Waals surface area contributed by atoms with Crippen LogP contribution in [0.25, 0.3) is 0 Å². The second-order valence-corrected chi connectivity index (χ2v) is 5.33. The van der Waals surface area contributed by atoms with Crippen LogP contribution in [0.2, 0.25) is 0 Å². The average Bonchev–Trinajstić information content (AvgIpc) is 2.13.